The topological polar surface area (TPSA) is 43.8 Å². The van der Waals surface area contributed by atoms with E-state index >= 15 is 0 Å². The molecule has 0 fully saturated rings. The van der Waals surface area contributed by atoms with Gasteiger partial charge in [-0.05, 0) is 17.7 Å². The smallest absolute Gasteiger partial charge is 0.135 e. The molecule has 1 heterocycles. The Morgan fingerprint density at radius 2 is 1.44 bits per heavy atom. The summed E-state index contributed by atoms with van der Waals surface area (Å²) in [6.07, 6.45) is 1.80. The van der Waals surface area contributed by atoms with Crippen LogP contribution in [0.1, 0.15) is 0 Å². The minimum absolute atomic E-state index is 0.660. The van der Waals surface area contributed by atoms with Crippen molar-refractivity contribution in [3.8, 4) is 16.8 Å². The van der Waals surface area contributed by atoms with Gasteiger partial charge in [0.1, 0.15) is 5.82 Å². The van der Waals surface area contributed by atoms with Crippen LogP contribution in [0.2, 0.25) is 0 Å². The third-order valence-corrected chi connectivity index (χ3v) is 2.89. The molecule has 0 aliphatic carbocycles. The van der Waals surface area contributed by atoms with Gasteiger partial charge in [-0.3, -0.25) is 0 Å². The van der Waals surface area contributed by atoms with Gasteiger partial charge in [0.25, 0.3) is 0 Å². The second-order valence-electron chi connectivity index (χ2n) is 4.06. The highest BCUT2D eigenvalue weighted by molar-refractivity contribution is 5.74. The number of para-hydroxylation sites is 1. The molecule has 0 spiro atoms. The van der Waals surface area contributed by atoms with Crippen molar-refractivity contribution in [3.05, 3.63) is 66.9 Å². The normalized spacial score (nSPS) is 10.4. The highest BCUT2D eigenvalue weighted by Gasteiger charge is 2.09. The van der Waals surface area contributed by atoms with E-state index in [2.05, 4.69) is 5.10 Å². The first kappa shape index (κ1) is 10.6. The van der Waals surface area contributed by atoms with Crippen molar-refractivity contribution in [1.82, 2.24) is 9.78 Å². The zero-order valence-corrected chi connectivity index (χ0v) is 9.82. The Kier molecular flexibility index (Phi) is 2.57. The van der Waals surface area contributed by atoms with Gasteiger partial charge in [-0.25, -0.2) is 4.68 Å². The predicted molar refractivity (Wildman–Crippen MR) is 73.4 cm³/mol. The molecule has 0 radical (unpaired) electrons. The number of nitrogens with zero attached hydrogens (tertiary/aromatic N) is 2. The number of benzene rings is 2. The minimum Gasteiger partial charge on any atom is -0.383 e. The van der Waals surface area contributed by atoms with Gasteiger partial charge in [-0.15, -0.1) is 0 Å². The van der Waals surface area contributed by atoms with Crippen LogP contribution in [0, 0.1) is 0 Å². The molecule has 1 aromatic heterocycles. The molecule has 2 aromatic carbocycles. The SMILES string of the molecule is Nc1c(-c2ccccc2)cnn1-c1ccccc1. The molecular formula is C15H13N3. The molecule has 88 valence electrons. The average Bonchev–Trinajstić information content (AvgIpc) is 2.83. The van der Waals surface area contributed by atoms with E-state index in [0.29, 0.717) is 5.82 Å². The summed E-state index contributed by atoms with van der Waals surface area (Å²) in [4.78, 5) is 0. The van der Waals surface area contributed by atoms with Crippen molar-refractivity contribution >= 4 is 5.82 Å². The van der Waals surface area contributed by atoms with E-state index in [1.807, 2.05) is 60.7 Å². The van der Waals surface area contributed by atoms with E-state index in [0.717, 1.165) is 16.8 Å². The van der Waals surface area contributed by atoms with Crippen molar-refractivity contribution in [1.29, 1.82) is 0 Å². The molecule has 3 heteroatoms. The van der Waals surface area contributed by atoms with Gasteiger partial charge in [0.2, 0.25) is 0 Å². The number of anilines is 1. The van der Waals surface area contributed by atoms with E-state index in [9.17, 15) is 0 Å². The molecule has 2 N–H and O–H groups in total. The second-order valence-corrected chi connectivity index (χ2v) is 4.06. The van der Waals surface area contributed by atoms with Crippen LogP contribution in [0.3, 0.4) is 0 Å². The van der Waals surface area contributed by atoms with Crippen LogP contribution in [-0.2, 0) is 0 Å². The summed E-state index contributed by atoms with van der Waals surface area (Å²) in [6, 6.07) is 19.9. The molecule has 3 nitrogen and oxygen atoms in total. The van der Waals surface area contributed by atoms with Gasteiger partial charge in [0.05, 0.1) is 11.9 Å². The molecular weight excluding hydrogens is 222 g/mol. The number of nitrogen functional groups attached to an aromatic ring is 1. The number of hydrogen-bond acceptors (Lipinski definition) is 2. The van der Waals surface area contributed by atoms with Crippen molar-refractivity contribution in [2.45, 2.75) is 0 Å². The molecule has 0 saturated carbocycles. The summed E-state index contributed by atoms with van der Waals surface area (Å²) in [6.45, 7) is 0. The van der Waals surface area contributed by atoms with Crippen LogP contribution >= 0.6 is 0 Å². The van der Waals surface area contributed by atoms with Crippen LogP contribution < -0.4 is 5.73 Å². The first-order valence-corrected chi connectivity index (χ1v) is 5.80. The third kappa shape index (κ3) is 1.76. The number of rotatable bonds is 2. The Morgan fingerprint density at radius 1 is 0.833 bits per heavy atom. The standard InChI is InChI=1S/C15H13N3/c16-15-14(12-7-3-1-4-8-12)11-17-18(15)13-9-5-2-6-10-13/h1-11H,16H2. The lowest BCUT2D eigenvalue weighted by atomic mass is 10.1. The Labute approximate surface area is 105 Å². The lowest BCUT2D eigenvalue weighted by molar-refractivity contribution is 0.891. The van der Waals surface area contributed by atoms with E-state index in [-0.39, 0.29) is 0 Å². The fraction of sp³-hybridized carbons (Fsp3) is 0. The van der Waals surface area contributed by atoms with Crippen LogP contribution in [0.5, 0.6) is 0 Å². The summed E-state index contributed by atoms with van der Waals surface area (Å²) in [5, 5.41) is 4.35. The van der Waals surface area contributed by atoms with Crippen LogP contribution in [0.25, 0.3) is 16.8 Å². The van der Waals surface area contributed by atoms with E-state index in [1.165, 1.54) is 0 Å². The predicted octanol–water partition coefficient (Wildman–Crippen LogP) is 3.12. The van der Waals surface area contributed by atoms with Crippen LogP contribution in [0.4, 0.5) is 5.82 Å². The molecule has 0 bridgehead atoms. The monoisotopic (exact) mass is 235 g/mol. The maximum Gasteiger partial charge on any atom is 0.135 e. The molecule has 0 atom stereocenters. The van der Waals surface area contributed by atoms with Gasteiger partial charge in [0, 0.05) is 5.56 Å². The molecule has 3 rings (SSSR count). The molecule has 0 saturated heterocycles. The fourth-order valence-electron chi connectivity index (χ4n) is 1.97. The molecule has 3 aromatic rings. The lowest BCUT2D eigenvalue weighted by Gasteiger charge is -2.04. The summed E-state index contributed by atoms with van der Waals surface area (Å²) >= 11 is 0. The maximum absolute atomic E-state index is 6.17. The van der Waals surface area contributed by atoms with E-state index in [1.54, 1.807) is 10.9 Å². The summed E-state index contributed by atoms with van der Waals surface area (Å²) < 4.78 is 1.75. The Bertz CT molecular complexity index is 585. The third-order valence-electron chi connectivity index (χ3n) is 2.89. The lowest BCUT2D eigenvalue weighted by Crippen LogP contribution is -2.01. The van der Waals surface area contributed by atoms with Gasteiger partial charge in [-0.1, -0.05) is 48.5 Å². The molecule has 0 aliphatic rings. The van der Waals surface area contributed by atoms with Crippen molar-refractivity contribution < 1.29 is 0 Å². The largest absolute Gasteiger partial charge is 0.383 e. The molecule has 0 aliphatic heterocycles. The molecule has 18 heavy (non-hydrogen) atoms. The van der Waals surface area contributed by atoms with Gasteiger partial charge >= 0.3 is 0 Å². The Balaban J connectivity index is 2.09. The summed E-state index contributed by atoms with van der Waals surface area (Å²) in [7, 11) is 0. The van der Waals surface area contributed by atoms with Crippen LogP contribution in [0.15, 0.2) is 66.9 Å². The van der Waals surface area contributed by atoms with Gasteiger partial charge in [-0.2, -0.15) is 5.10 Å². The molecule has 0 amide bonds. The Hall–Kier alpha value is -2.55. The van der Waals surface area contributed by atoms with Crippen LogP contribution in [-0.4, -0.2) is 9.78 Å². The first-order valence-electron chi connectivity index (χ1n) is 5.80. The van der Waals surface area contributed by atoms with E-state index < -0.39 is 0 Å². The Morgan fingerprint density at radius 3 is 2.11 bits per heavy atom. The minimum atomic E-state index is 0.660. The highest BCUT2D eigenvalue weighted by Crippen LogP contribution is 2.27. The number of nitrogens with two attached hydrogens (primary N) is 1. The second kappa shape index (κ2) is 4.37. The first-order chi connectivity index (χ1) is 8.86. The molecule has 0 unspecified atom stereocenters. The summed E-state index contributed by atoms with van der Waals surface area (Å²) in [5.74, 6) is 0.660. The number of hydrogen-bond donors (Lipinski definition) is 1. The van der Waals surface area contributed by atoms with Crippen molar-refractivity contribution in [3.63, 3.8) is 0 Å². The van der Waals surface area contributed by atoms with Gasteiger partial charge in [0.15, 0.2) is 0 Å². The van der Waals surface area contributed by atoms with E-state index in [4.69, 9.17) is 5.73 Å². The highest BCUT2D eigenvalue weighted by atomic mass is 15.3. The van der Waals surface area contributed by atoms with Gasteiger partial charge < -0.3 is 5.73 Å². The van der Waals surface area contributed by atoms with Crippen molar-refractivity contribution in [2.75, 3.05) is 5.73 Å². The maximum atomic E-state index is 6.17. The quantitative estimate of drug-likeness (QED) is 0.741. The fourth-order valence-corrected chi connectivity index (χ4v) is 1.97. The zero-order valence-electron chi connectivity index (χ0n) is 9.82. The summed E-state index contributed by atoms with van der Waals surface area (Å²) in [5.41, 5.74) is 9.18. The average molecular weight is 235 g/mol. The number of aromatic nitrogens is 2. The zero-order chi connectivity index (χ0) is 12.4. The van der Waals surface area contributed by atoms with Crippen molar-refractivity contribution in [2.24, 2.45) is 0 Å².